The molecule has 0 aromatic heterocycles. The fourth-order valence-corrected chi connectivity index (χ4v) is 5.07. The molecule has 1 spiro atoms. The maximum atomic E-state index is 13.0. The molecule has 3 aliphatic heterocycles. The number of nitrogens with one attached hydrogen (secondary N) is 1. The molecule has 1 aromatic carbocycles. The molecule has 4 amide bonds. The average molecular weight is 331 g/mol. The van der Waals surface area contributed by atoms with Gasteiger partial charge in [0.1, 0.15) is 0 Å². The minimum Gasteiger partial charge on any atom is -0.365 e. The van der Waals surface area contributed by atoms with Crippen molar-refractivity contribution in [3.05, 3.63) is 29.8 Å². The molecule has 0 unspecified atom stereocenters. The van der Waals surface area contributed by atoms with Gasteiger partial charge in [-0.3, -0.25) is 19.8 Å². The number of anilines is 1. The van der Waals surface area contributed by atoms with Gasteiger partial charge in [0.15, 0.2) is 5.41 Å². The van der Waals surface area contributed by atoms with E-state index in [4.69, 9.17) is 0 Å². The summed E-state index contributed by atoms with van der Waals surface area (Å²) in [5.74, 6) is 0.817. The zero-order valence-corrected chi connectivity index (χ0v) is 13.6. The van der Waals surface area contributed by atoms with E-state index >= 15 is 0 Å². The van der Waals surface area contributed by atoms with E-state index < -0.39 is 23.3 Å². The number of hydrogen-bond acceptors (Lipinski definition) is 5. The monoisotopic (exact) mass is 331 g/mol. The van der Waals surface area contributed by atoms with Crippen LogP contribution < -0.4 is 10.2 Å². The molecular formula is C16H17N3O3S. The van der Waals surface area contributed by atoms with Crippen molar-refractivity contribution in [2.24, 2.45) is 5.41 Å². The minimum atomic E-state index is -1.22. The molecule has 3 aliphatic rings. The summed E-state index contributed by atoms with van der Waals surface area (Å²) < 4.78 is 0. The molecule has 1 aromatic rings. The van der Waals surface area contributed by atoms with Gasteiger partial charge >= 0.3 is 6.03 Å². The van der Waals surface area contributed by atoms with Crippen LogP contribution in [-0.4, -0.2) is 53.9 Å². The van der Waals surface area contributed by atoms with Gasteiger partial charge in [-0.25, -0.2) is 4.79 Å². The molecule has 0 saturated carbocycles. The van der Waals surface area contributed by atoms with Crippen molar-refractivity contribution in [3.8, 4) is 0 Å². The van der Waals surface area contributed by atoms with Crippen molar-refractivity contribution < 1.29 is 14.4 Å². The van der Waals surface area contributed by atoms with Gasteiger partial charge < -0.3 is 4.90 Å². The number of carbonyl (C=O) groups is 3. The van der Waals surface area contributed by atoms with Crippen LogP contribution in [0.5, 0.6) is 0 Å². The highest BCUT2D eigenvalue weighted by Gasteiger charge is 2.61. The zero-order chi connectivity index (χ0) is 16.2. The molecule has 23 heavy (non-hydrogen) atoms. The van der Waals surface area contributed by atoms with Crippen LogP contribution >= 0.6 is 11.8 Å². The summed E-state index contributed by atoms with van der Waals surface area (Å²) in [6.45, 7) is 0.798. The lowest BCUT2D eigenvalue weighted by Crippen LogP contribution is -2.72. The van der Waals surface area contributed by atoms with Gasteiger partial charge in [0.2, 0.25) is 11.8 Å². The van der Waals surface area contributed by atoms with E-state index in [0.29, 0.717) is 12.2 Å². The second-order valence-corrected chi connectivity index (χ2v) is 7.33. The lowest BCUT2D eigenvalue weighted by atomic mass is 9.69. The summed E-state index contributed by atoms with van der Waals surface area (Å²) in [7, 11) is 1.44. The number of amides is 4. The van der Waals surface area contributed by atoms with E-state index in [0.717, 1.165) is 28.4 Å². The third-order valence-electron chi connectivity index (χ3n) is 5.08. The molecule has 6 nitrogen and oxygen atoms in total. The number of thioether (sulfide) groups is 1. The summed E-state index contributed by atoms with van der Waals surface area (Å²) in [5.41, 5.74) is 0.871. The van der Waals surface area contributed by atoms with Crippen molar-refractivity contribution in [3.63, 3.8) is 0 Å². The summed E-state index contributed by atoms with van der Waals surface area (Å²) >= 11 is 1.75. The van der Waals surface area contributed by atoms with E-state index in [-0.39, 0.29) is 6.04 Å². The van der Waals surface area contributed by atoms with Gasteiger partial charge in [-0.1, -0.05) is 18.2 Å². The van der Waals surface area contributed by atoms with Gasteiger partial charge in [-0.2, -0.15) is 11.8 Å². The lowest BCUT2D eigenvalue weighted by Gasteiger charge is -2.53. The number of urea groups is 1. The minimum absolute atomic E-state index is 0.223. The quantitative estimate of drug-likeness (QED) is 0.714. The number of nitrogens with zero attached hydrogens (tertiary/aromatic N) is 2. The summed E-state index contributed by atoms with van der Waals surface area (Å²) in [5, 5.41) is 2.38. The normalized spacial score (nSPS) is 30.1. The molecule has 120 valence electrons. The van der Waals surface area contributed by atoms with Crippen molar-refractivity contribution in [1.82, 2.24) is 10.2 Å². The Kier molecular flexibility index (Phi) is 3.16. The predicted molar refractivity (Wildman–Crippen MR) is 87.3 cm³/mol. The Balaban J connectivity index is 1.89. The molecule has 7 heteroatoms. The van der Waals surface area contributed by atoms with Crippen molar-refractivity contribution in [2.45, 2.75) is 12.5 Å². The number of rotatable bonds is 0. The highest BCUT2D eigenvalue weighted by atomic mass is 32.2. The van der Waals surface area contributed by atoms with E-state index in [2.05, 4.69) is 10.2 Å². The molecular weight excluding hydrogens is 314 g/mol. The maximum Gasteiger partial charge on any atom is 0.330 e. The largest absolute Gasteiger partial charge is 0.365 e. The van der Waals surface area contributed by atoms with Crippen LogP contribution in [0.1, 0.15) is 5.56 Å². The third kappa shape index (κ3) is 1.86. The topological polar surface area (TPSA) is 69.7 Å². The lowest BCUT2D eigenvalue weighted by molar-refractivity contribution is -0.152. The van der Waals surface area contributed by atoms with E-state index in [1.54, 1.807) is 11.8 Å². The summed E-state index contributed by atoms with van der Waals surface area (Å²) in [4.78, 5) is 40.8. The molecule has 3 heterocycles. The standard InChI is InChI=1S/C16H17N3O3S/c1-18-14(21)16(13(20)17-15(18)22)8-10-4-2-3-5-11(10)19-6-7-23-9-12(16)19/h2-5,12H,6-9H2,1H3,(H,17,20,22)/t12-,16+/m0/s1. The SMILES string of the molecule is CN1C(=O)NC(=O)[C@]2(Cc3ccccc3N3CCSC[C@H]32)C1=O. The fourth-order valence-electron chi connectivity index (χ4n) is 3.89. The van der Waals surface area contributed by atoms with Crippen molar-refractivity contribution in [2.75, 3.05) is 30.0 Å². The summed E-state index contributed by atoms with van der Waals surface area (Å²) in [6.07, 6.45) is 0.340. The highest BCUT2D eigenvalue weighted by molar-refractivity contribution is 7.99. The number of fused-ring (bicyclic) bond motifs is 4. The Morgan fingerprint density at radius 2 is 2.04 bits per heavy atom. The molecule has 0 bridgehead atoms. The second-order valence-electron chi connectivity index (χ2n) is 6.18. The van der Waals surface area contributed by atoms with Gasteiger partial charge in [0.25, 0.3) is 0 Å². The van der Waals surface area contributed by atoms with Gasteiger partial charge in [0, 0.05) is 30.8 Å². The molecule has 2 saturated heterocycles. The van der Waals surface area contributed by atoms with Crippen LogP contribution in [0.2, 0.25) is 0 Å². The summed E-state index contributed by atoms with van der Waals surface area (Å²) in [6, 6.07) is 7.05. The van der Waals surface area contributed by atoms with E-state index in [9.17, 15) is 14.4 Å². The number of barbiturate groups is 1. The first kappa shape index (κ1) is 14.6. The molecule has 2 atom stereocenters. The molecule has 2 fully saturated rings. The number of para-hydroxylation sites is 1. The van der Waals surface area contributed by atoms with Gasteiger partial charge in [0.05, 0.1) is 6.04 Å². The predicted octanol–water partition coefficient (Wildman–Crippen LogP) is 0.859. The van der Waals surface area contributed by atoms with Gasteiger partial charge in [-0.15, -0.1) is 0 Å². The smallest absolute Gasteiger partial charge is 0.330 e. The van der Waals surface area contributed by atoms with Crippen LogP contribution in [0.15, 0.2) is 24.3 Å². The first-order chi connectivity index (χ1) is 11.1. The number of benzene rings is 1. The number of carbonyl (C=O) groups excluding carboxylic acids is 3. The van der Waals surface area contributed by atoms with Crippen LogP contribution in [0.4, 0.5) is 10.5 Å². The Hall–Kier alpha value is -2.02. The first-order valence-corrected chi connectivity index (χ1v) is 8.77. The molecule has 1 N–H and O–H groups in total. The average Bonchev–Trinajstić information content (AvgIpc) is 2.58. The van der Waals surface area contributed by atoms with Crippen molar-refractivity contribution in [1.29, 1.82) is 0 Å². The van der Waals surface area contributed by atoms with Crippen LogP contribution in [0.25, 0.3) is 0 Å². The van der Waals surface area contributed by atoms with Crippen LogP contribution in [-0.2, 0) is 16.0 Å². The molecule has 0 radical (unpaired) electrons. The Morgan fingerprint density at radius 3 is 2.87 bits per heavy atom. The van der Waals surface area contributed by atoms with E-state index in [1.165, 1.54) is 7.05 Å². The van der Waals surface area contributed by atoms with Crippen LogP contribution in [0.3, 0.4) is 0 Å². The van der Waals surface area contributed by atoms with Crippen molar-refractivity contribution >= 4 is 35.3 Å². The fraction of sp³-hybridized carbons (Fsp3) is 0.438. The first-order valence-electron chi connectivity index (χ1n) is 7.61. The molecule has 0 aliphatic carbocycles. The Bertz CT molecular complexity index is 722. The highest BCUT2D eigenvalue weighted by Crippen LogP contribution is 2.46. The zero-order valence-electron chi connectivity index (χ0n) is 12.7. The number of imide groups is 2. The van der Waals surface area contributed by atoms with Gasteiger partial charge in [-0.05, 0) is 18.1 Å². The Morgan fingerprint density at radius 1 is 1.26 bits per heavy atom. The number of hydrogen-bond donors (Lipinski definition) is 1. The maximum absolute atomic E-state index is 13.0. The van der Waals surface area contributed by atoms with E-state index in [1.807, 2.05) is 24.3 Å². The van der Waals surface area contributed by atoms with Crippen LogP contribution in [0, 0.1) is 5.41 Å². The Labute approximate surface area is 138 Å². The molecule has 4 rings (SSSR count). The third-order valence-corrected chi connectivity index (χ3v) is 6.11. The second kappa shape index (κ2) is 4.99.